The number of aliphatic hydroxyl groups excluding tert-OH is 1. The fourth-order valence-corrected chi connectivity index (χ4v) is 7.27. The van der Waals surface area contributed by atoms with Crippen LogP contribution in [0.5, 0.6) is 0 Å². The number of carbonyl (C=O) groups excluding carboxylic acids is 3. The van der Waals surface area contributed by atoms with Gasteiger partial charge < -0.3 is 30.5 Å². The first-order chi connectivity index (χ1) is 29.1. The van der Waals surface area contributed by atoms with E-state index in [1.807, 2.05) is 0 Å². The van der Waals surface area contributed by atoms with Crippen molar-refractivity contribution >= 4 is 17.7 Å². The summed E-state index contributed by atoms with van der Waals surface area (Å²) in [5, 5.41) is 19.5. The zero-order chi connectivity index (χ0) is 44.2. The molecule has 0 aromatic rings. The van der Waals surface area contributed by atoms with Gasteiger partial charge in [-0.1, -0.05) is 161 Å². The molecule has 0 aromatic carbocycles. The summed E-state index contributed by atoms with van der Waals surface area (Å²) < 4.78 is 11.6. The molecule has 0 aromatic heterocycles. The third-order valence-corrected chi connectivity index (χ3v) is 11.2. The maximum absolute atomic E-state index is 13.3. The highest BCUT2D eigenvalue weighted by atomic mass is 16.7. The average Bonchev–Trinajstić information content (AvgIpc) is 3.23. The predicted octanol–water partition coefficient (Wildman–Crippen LogP) is 12.5. The number of unbranched alkanes of at least 4 members (excludes halogenated alkanes) is 23. The maximum Gasteiger partial charge on any atom is 0.242 e. The van der Waals surface area contributed by atoms with E-state index < -0.39 is 17.9 Å². The van der Waals surface area contributed by atoms with E-state index in [-0.39, 0.29) is 30.9 Å². The van der Waals surface area contributed by atoms with E-state index in [9.17, 15) is 19.5 Å². The highest BCUT2D eigenvalue weighted by Gasteiger charge is 2.23. The standard InChI is InChI=1S/C51H97N3O6/c1-6-9-11-13-15-17-19-21-23-25-27-29-31-33-35-37-39-49(57)54-47(50(58)53-43-45-60-51(4,5)59-44-42-52-48(56)8-3)41-40-46(55)38-36-34-32-30-28-26-24-22-20-18-16-14-12-10-7-2/h22-25,46-47,55H,6-21,26-45H2,1-5H3,(H,52,56)(H,53,58)(H,54,57). The van der Waals surface area contributed by atoms with Gasteiger partial charge in [0.15, 0.2) is 5.79 Å². The van der Waals surface area contributed by atoms with Crippen molar-refractivity contribution in [1.29, 1.82) is 0 Å². The molecule has 3 amide bonds. The fourth-order valence-electron chi connectivity index (χ4n) is 7.27. The van der Waals surface area contributed by atoms with Crippen molar-refractivity contribution < 1.29 is 29.0 Å². The summed E-state index contributed by atoms with van der Waals surface area (Å²) in [5.41, 5.74) is 0. The highest BCUT2D eigenvalue weighted by Crippen LogP contribution is 2.15. The lowest BCUT2D eigenvalue weighted by molar-refractivity contribution is -0.211. The van der Waals surface area contributed by atoms with Crippen molar-refractivity contribution in [2.45, 2.75) is 258 Å². The Morgan fingerprint density at radius 3 is 1.40 bits per heavy atom. The van der Waals surface area contributed by atoms with Crippen LogP contribution in [-0.2, 0) is 23.9 Å². The van der Waals surface area contributed by atoms with E-state index in [0.717, 1.165) is 44.9 Å². The lowest BCUT2D eigenvalue weighted by Gasteiger charge is -2.26. The number of amides is 3. The Bertz CT molecular complexity index is 1050. The van der Waals surface area contributed by atoms with Gasteiger partial charge in [-0.25, -0.2) is 0 Å². The largest absolute Gasteiger partial charge is 0.393 e. The van der Waals surface area contributed by atoms with E-state index in [1.54, 1.807) is 20.8 Å². The molecule has 4 N–H and O–H groups in total. The van der Waals surface area contributed by atoms with Crippen LogP contribution >= 0.6 is 0 Å². The summed E-state index contributed by atoms with van der Waals surface area (Å²) >= 11 is 0. The number of rotatable bonds is 45. The molecule has 0 aliphatic heterocycles. The molecule has 0 aliphatic carbocycles. The van der Waals surface area contributed by atoms with Gasteiger partial charge in [-0.3, -0.25) is 14.4 Å². The van der Waals surface area contributed by atoms with Gasteiger partial charge in [0.25, 0.3) is 0 Å². The Morgan fingerprint density at radius 2 is 0.933 bits per heavy atom. The number of ether oxygens (including phenoxy) is 2. The van der Waals surface area contributed by atoms with Crippen LogP contribution in [0.3, 0.4) is 0 Å². The highest BCUT2D eigenvalue weighted by molar-refractivity contribution is 5.87. The van der Waals surface area contributed by atoms with Crippen LogP contribution < -0.4 is 16.0 Å². The normalized spacial score (nSPS) is 13.0. The minimum absolute atomic E-state index is 0.0276. The zero-order valence-corrected chi connectivity index (χ0v) is 39.9. The Morgan fingerprint density at radius 1 is 0.517 bits per heavy atom. The number of hydrogen-bond acceptors (Lipinski definition) is 6. The van der Waals surface area contributed by atoms with Crippen molar-refractivity contribution in [2.75, 3.05) is 26.3 Å². The van der Waals surface area contributed by atoms with Gasteiger partial charge in [-0.15, -0.1) is 0 Å². The number of aliphatic hydroxyl groups is 1. The summed E-state index contributed by atoms with van der Waals surface area (Å²) in [6.45, 7) is 11.1. The fraction of sp³-hybridized carbons (Fsp3) is 0.863. The Hall–Kier alpha value is -2.23. The molecule has 352 valence electrons. The number of allylic oxidation sites excluding steroid dienone is 4. The third kappa shape index (κ3) is 41.1. The predicted molar refractivity (Wildman–Crippen MR) is 253 cm³/mol. The topological polar surface area (TPSA) is 126 Å². The van der Waals surface area contributed by atoms with Crippen molar-refractivity contribution in [2.24, 2.45) is 0 Å². The van der Waals surface area contributed by atoms with Gasteiger partial charge >= 0.3 is 0 Å². The lowest BCUT2D eigenvalue weighted by Crippen LogP contribution is -2.48. The SMILES string of the molecule is CCCCCCCCC=CCCCCCCCC(O)CCC(NC(=O)CCCCCCCC=CCCCCCCCCC)C(=O)NCCOC(C)(C)OCCNC(=O)CC. The quantitative estimate of drug-likeness (QED) is 0.0275. The lowest BCUT2D eigenvalue weighted by atomic mass is 10.0. The molecule has 0 heterocycles. The van der Waals surface area contributed by atoms with Gasteiger partial charge in [-0.05, 0) is 90.9 Å². The number of nitrogens with one attached hydrogen (secondary N) is 3. The van der Waals surface area contributed by atoms with Gasteiger partial charge in [0, 0.05) is 25.9 Å². The second kappa shape index (κ2) is 43.4. The van der Waals surface area contributed by atoms with Crippen molar-refractivity contribution in [3.05, 3.63) is 24.3 Å². The second-order valence-electron chi connectivity index (χ2n) is 17.5. The monoisotopic (exact) mass is 848 g/mol. The van der Waals surface area contributed by atoms with Crippen LogP contribution in [0.15, 0.2) is 24.3 Å². The molecule has 2 atom stereocenters. The molecule has 0 saturated carbocycles. The zero-order valence-electron chi connectivity index (χ0n) is 39.9. The van der Waals surface area contributed by atoms with E-state index in [4.69, 9.17) is 9.47 Å². The minimum Gasteiger partial charge on any atom is -0.393 e. The first-order valence-electron chi connectivity index (χ1n) is 25.2. The van der Waals surface area contributed by atoms with Crippen molar-refractivity contribution in [3.63, 3.8) is 0 Å². The van der Waals surface area contributed by atoms with Crippen molar-refractivity contribution in [1.82, 2.24) is 16.0 Å². The van der Waals surface area contributed by atoms with Crippen LogP contribution in [0.4, 0.5) is 0 Å². The van der Waals surface area contributed by atoms with Crippen LogP contribution in [0.1, 0.15) is 240 Å². The van der Waals surface area contributed by atoms with Gasteiger partial charge in [0.2, 0.25) is 17.7 Å². The van der Waals surface area contributed by atoms with Crippen LogP contribution in [-0.4, -0.2) is 67.1 Å². The number of hydrogen-bond donors (Lipinski definition) is 4. The smallest absolute Gasteiger partial charge is 0.242 e. The molecule has 2 unspecified atom stereocenters. The molecule has 0 aliphatic rings. The molecule has 60 heavy (non-hydrogen) atoms. The molecule has 0 spiro atoms. The minimum atomic E-state index is -0.882. The first kappa shape index (κ1) is 57.8. The van der Waals surface area contributed by atoms with Gasteiger partial charge in [0.05, 0.1) is 19.3 Å². The Balaban J connectivity index is 4.53. The molecule has 0 bridgehead atoms. The maximum atomic E-state index is 13.3. The van der Waals surface area contributed by atoms with E-state index in [1.165, 1.54) is 128 Å². The summed E-state index contributed by atoms with van der Waals surface area (Å²) in [5.74, 6) is -1.29. The molecular weight excluding hydrogens is 751 g/mol. The first-order valence-corrected chi connectivity index (χ1v) is 25.2. The molecular formula is C51H97N3O6. The molecule has 0 rings (SSSR count). The van der Waals surface area contributed by atoms with Crippen LogP contribution in [0.2, 0.25) is 0 Å². The summed E-state index contributed by atoms with van der Waals surface area (Å²) in [6.07, 6.45) is 44.5. The number of carbonyl (C=O) groups is 3. The van der Waals surface area contributed by atoms with Gasteiger partial charge in [-0.2, -0.15) is 0 Å². The third-order valence-electron chi connectivity index (χ3n) is 11.2. The average molecular weight is 848 g/mol. The van der Waals surface area contributed by atoms with E-state index in [2.05, 4.69) is 54.1 Å². The van der Waals surface area contributed by atoms with Gasteiger partial charge in [0.1, 0.15) is 6.04 Å². The summed E-state index contributed by atoms with van der Waals surface area (Å²) in [6, 6.07) is -0.708. The molecule has 0 radical (unpaired) electrons. The molecule has 0 fully saturated rings. The summed E-state index contributed by atoms with van der Waals surface area (Å²) in [7, 11) is 0. The van der Waals surface area contributed by atoms with E-state index >= 15 is 0 Å². The van der Waals surface area contributed by atoms with E-state index in [0.29, 0.717) is 45.3 Å². The molecule has 9 heteroatoms. The Labute approximate surface area is 370 Å². The van der Waals surface area contributed by atoms with Crippen LogP contribution in [0, 0.1) is 0 Å². The summed E-state index contributed by atoms with van der Waals surface area (Å²) in [4.78, 5) is 37.8. The second-order valence-corrected chi connectivity index (χ2v) is 17.5. The Kier molecular flexibility index (Phi) is 41.8. The van der Waals surface area contributed by atoms with Crippen molar-refractivity contribution in [3.8, 4) is 0 Å². The van der Waals surface area contributed by atoms with Crippen LogP contribution in [0.25, 0.3) is 0 Å². The molecule has 9 nitrogen and oxygen atoms in total. The molecule has 0 saturated heterocycles.